The molecule has 1 N–H and O–H groups in total. The average Bonchev–Trinajstić information content (AvgIpc) is 3.85. The molecule has 0 aromatic heterocycles. The zero-order valence-electron chi connectivity index (χ0n) is 24.1. The first-order valence-electron chi connectivity index (χ1n) is 14.8. The number of carbonyl (C=O) groups excluding carboxylic acids is 2. The summed E-state index contributed by atoms with van der Waals surface area (Å²) in [5.41, 5.74) is 3.73. The molecule has 0 spiro atoms. The monoisotopic (exact) mass is 663 g/mol. The molecule has 0 unspecified atom stereocenters. The van der Waals surface area contributed by atoms with Gasteiger partial charge in [-0.1, -0.05) is 57.9 Å². The second-order valence-electron chi connectivity index (χ2n) is 11.4. The first-order valence-corrected chi connectivity index (χ1v) is 15.9. The van der Waals surface area contributed by atoms with E-state index in [1.54, 1.807) is 6.92 Å². The molecule has 1 saturated heterocycles. The molecule has 224 valence electrons. The van der Waals surface area contributed by atoms with Crippen molar-refractivity contribution in [2.75, 3.05) is 26.3 Å². The predicted molar refractivity (Wildman–Crippen MR) is 171 cm³/mol. The first-order chi connectivity index (χ1) is 20.9. The van der Waals surface area contributed by atoms with Gasteiger partial charge in [0.25, 0.3) is 5.91 Å². The highest BCUT2D eigenvalue weighted by molar-refractivity contribution is 9.10. The molecule has 2 amide bonds. The molecule has 9 heteroatoms. The molecule has 2 bridgehead atoms. The van der Waals surface area contributed by atoms with E-state index in [1.807, 2.05) is 82.6 Å². The number of nitrogens with one attached hydrogen (secondary N) is 1. The number of hydrogen-bond acceptors (Lipinski definition) is 5. The summed E-state index contributed by atoms with van der Waals surface area (Å²) < 4.78 is 12.7. The summed E-state index contributed by atoms with van der Waals surface area (Å²) in [7, 11) is 0. The van der Waals surface area contributed by atoms with Crippen LogP contribution in [0, 0.1) is 0 Å². The van der Waals surface area contributed by atoms with Gasteiger partial charge in [0.1, 0.15) is 24.7 Å². The predicted octanol–water partition coefficient (Wildman–Crippen LogP) is 6.10. The van der Waals surface area contributed by atoms with Crippen molar-refractivity contribution >= 4 is 44.9 Å². The zero-order chi connectivity index (χ0) is 29.9. The Labute approximate surface area is 265 Å². The van der Waals surface area contributed by atoms with Crippen molar-refractivity contribution in [2.45, 2.75) is 50.9 Å². The van der Waals surface area contributed by atoms with Gasteiger partial charge in [-0.2, -0.15) is 0 Å². The lowest BCUT2D eigenvalue weighted by atomic mass is 9.82. The number of carbonyl (C=O) groups is 2. The van der Waals surface area contributed by atoms with Gasteiger partial charge in [-0.25, -0.2) is 0 Å². The van der Waals surface area contributed by atoms with Crippen LogP contribution in [0.2, 0.25) is 5.02 Å². The molecule has 1 saturated carbocycles. The third kappa shape index (κ3) is 7.08. The van der Waals surface area contributed by atoms with E-state index in [2.05, 4.69) is 21.2 Å². The molecule has 2 atom stereocenters. The van der Waals surface area contributed by atoms with Crippen molar-refractivity contribution in [2.24, 2.45) is 0 Å². The zero-order valence-corrected chi connectivity index (χ0v) is 26.4. The fourth-order valence-corrected chi connectivity index (χ4v) is 6.40. The van der Waals surface area contributed by atoms with Gasteiger partial charge in [0.15, 0.2) is 0 Å². The molecule has 0 radical (unpaired) electrons. The van der Waals surface area contributed by atoms with Crippen molar-refractivity contribution in [3.05, 3.63) is 99.0 Å². The van der Waals surface area contributed by atoms with Crippen LogP contribution in [0.25, 0.3) is 5.57 Å². The number of piperazine rings is 1. The largest absolute Gasteiger partial charge is 0.490 e. The van der Waals surface area contributed by atoms with E-state index in [0.717, 1.165) is 51.1 Å². The van der Waals surface area contributed by atoms with Gasteiger partial charge in [-0.05, 0) is 78.4 Å². The Morgan fingerprint density at radius 3 is 2.23 bits per heavy atom. The van der Waals surface area contributed by atoms with Crippen LogP contribution >= 0.6 is 27.5 Å². The Balaban J connectivity index is 1.23. The van der Waals surface area contributed by atoms with Crippen LogP contribution in [0.4, 0.5) is 0 Å². The molecule has 2 heterocycles. The minimum atomic E-state index is -0.238. The minimum Gasteiger partial charge on any atom is -0.490 e. The van der Waals surface area contributed by atoms with Gasteiger partial charge in [0.05, 0.1) is 6.04 Å². The molecule has 2 fully saturated rings. The van der Waals surface area contributed by atoms with Crippen molar-refractivity contribution in [3.63, 3.8) is 0 Å². The SMILES string of the molecule is CC(=O)N1C[C@H]2CC(c3ccc(OCCOc4ccc(Br)cc4)cc3)=C(C(=O)N(Cc3ccccc3Cl)C3CC3)[C@@H](C1)N2. The van der Waals surface area contributed by atoms with Crippen molar-refractivity contribution in [1.29, 1.82) is 0 Å². The molecule has 3 aliphatic rings. The third-order valence-corrected chi connectivity index (χ3v) is 9.16. The van der Waals surface area contributed by atoms with E-state index in [9.17, 15) is 9.59 Å². The summed E-state index contributed by atoms with van der Waals surface area (Å²) in [4.78, 5) is 30.7. The van der Waals surface area contributed by atoms with Gasteiger partial charge in [0.2, 0.25) is 5.91 Å². The number of benzene rings is 3. The second-order valence-corrected chi connectivity index (χ2v) is 12.7. The van der Waals surface area contributed by atoms with E-state index in [1.165, 1.54) is 0 Å². The number of fused-ring (bicyclic) bond motifs is 2. The Morgan fingerprint density at radius 1 is 0.953 bits per heavy atom. The molecular formula is C34H35BrClN3O4. The molecule has 3 aromatic rings. The Hall–Kier alpha value is -3.33. The average molecular weight is 665 g/mol. The normalized spacial score (nSPS) is 19.7. The molecule has 3 aromatic carbocycles. The highest BCUT2D eigenvalue weighted by Gasteiger charge is 2.43. The Kier molecular flexibility index (Phi) is 9.07. The van der Waals surface area contributed by atoms with E-state index in [-0.39, 0.29) is 29.9 Å². The van der Waals surface area contributed by atoms with Crippen LogP contribution in [0.15, 0.2) is 82.8 Å². The summed E-state index contributed by atoms with van der Waals surface area (Å²) in [6, 6.07) is 23.4. The maximum absolute atomic E-state index is 14.5. The van der Waals surface area contributed by atoms with Crippen LogP contribution in [-0.4, -0.2) is 66.0 Å². The van der Waals surface area contributed by atoms with E-state index in [4.69, 9.17) is 21.1 Å². The second kappa shape index (κ2) is 13.1. The van der Waals surface area contributed by atoms with Crippen LogP contribution in [0.5, 0.6) is 11.5 Å². The standard InChI is InChI=1S/C34H35BrClN3O4/c1-22(40)38-20-26-18-30(23-6-12-28(13-7-23)42-16-17-43-29-14-8-25(35)9-15-29)33(32(21-38)37-26)34(41)39(27-10-11-27)19-24-4-2-3-5-31(24)36/h2-9,12-15,26-27,32,37H,10-11,16-21H2,1H3/t26-,32-/m1/s1. The van der Waals surface area contributed by atoms with Gasteiger partial charge in [-0.15, -0.1) is 0 Å². The number of amides is 2. The fourth-order valence-electron chi connectivity index (χ4n) is 5.94. The summed E-state index contributed by atoms with van der Waals surface area (Å²) in [5.74, 6) is 1.59. The highest BCUT2D eigenvalue weighted by atomic mass is 79.9. The molecule has 7 nitrogen and oxygen atoms in total. The molecular weight excluding hydrogens is 630 g/mol. The quantitative estimate of drug-likeness (QED) is 0.266. The maximum Gasteiger partial charge on any atom is 0.252 e. The molecule has 2 aliphatic heterocycles. The van der Waals surface area contributed by atoms with E-state index in [0.29, 0.717) is 44.3 Å². The van der Waals surface area contributed by atoms with Crippen LogP contribution in [0.1, 0.15) is 37.3 Å². The molecule has 6 rings (SSSR count). The number of nitrogens with zero attached hydrogens (tertiary/aromatic N) is 2. The lowest BCUT2D eigenvalue weighted by Crippen LogP contribution is -2.61. The Bertz CT molecular complexity index is 1510. The highest BCUT2D eigenvalue weighted by Crippen LogP contribution is 2.38. The number of hydrogen-bond donors (Lipinski definition) is 1. The first kappa shape index (κ1) is 29.7. The van der Waals surface area contributed by atoms with Crippen molar-refractivity contribution in [1.82, 2.24) is 15.1 Å². The van der Waals surface area contributed by atoms with E-state index < -0.39 is 0 Å². The lowest BCUT2D eigenvalue weighted by Gasteiger charge is -2.44. The van der Waals surface area contributed by atoms with Crippen LogP contribution in [0.3, 0.4) is 0 Å². The molecule has 43 heavy (non-hydrogen) atoms. The summed E-state index contributed by atoms with van der Waals surface area (Å²) in [5, 5.41) is 4.32. The number of rotatable bonds is 10. The molecule has 1 aliphatic carbocycles. The Morgan fingerprint density at radius 2 is 1.60 bits per heavy atom. The van der Waals surface area contributed by atoms with Gasteiger partial charge >= 0.3 is 0 Å². The maximum atomic E-state index is 14.5. The van der Waals surface area contributed by atoms with Crippen LogP contribution in [-0.2, 0) is 16.1 Å². The van der Waals surface area contributed by atoms with Gasteiger partial charge in [0, 0.05) is 53.7 Å². The van der Waals surface area contributed by atoms with Crippen LogP contribution < -0.4 is 14.8 Å². The van der Waals surface area contributed by atoms with E-state index >= 15 is 0 Å². The summed E-state index contributed by atoms with van der Waals surface area (Å²) in [6.45, 7) is 4.00. The van der Waals surface area contributed by atoms with Gasteiger partial charge in [-0.3, -0.25) is 9.59 Å². The lowest BCUT2D eigenvalue weighted by molar-refractivity contribution is -0.132. The third-order valence-electron chi connectivity index (χ3n) is 8.26. The van der Waals surface area contributed by atoms with Crippen molar-refractivity contribution < 1.29 is 19.1 Å². The topological polar surface area (TPSA) is 71.1 Å². The smallest absolute Gasteiger partial charge is 0.252 e. The van der Waals surface area contributed by atoms with Gasteiger partial charge < -0.3 is 24.6 Å². The number of halogens is 2. The number of ether oxygens (including phenoxy) is 2. The summed E-state index contributed by atoms with van der Waals surface area (Å²) in [6.07, 6.45) is 2.63. The fraction of sp³-hybridized carbons (Fsp3) is 0.353. The van der Waals surface area contributed by atoms with Crippen molar-refractivity contribution in [3.8, 4) is 11.5 Å². The minimum absolute atomic E-state index is 0.0178. The summed E-state index contributed by atoms with van der Waals surface area (Å²) >= 11 is 9.95.